The van der Waals surface area contributed by atoms with Crippen molar-refractivity contribution in [1.29, 1.82) is 0 Å². The van der Waals surface area contributed by atoms with Gasteiger partial charge in [0.25, 0.3) is 0 Å². The lowest BCUT2D eigenvalue weighted by Gasteiger charge is -2.12. The van der Waals surface area contributed by atoms with Crippen molar-refractivity contribution in [3.8, 4) is 28.8 Å². The minimum Gasteiger partial charge on any atom is -0.497 e. The molecular weight excluding hydrogens is 420 g/mol. The molecule has 32 heavy (non-hydrogen) atoms. The predicted octanol–water partition coefficient (Wildman–Crippen LogP) is 4.20. The summed E-state index contributed by atoms with van der Waals surface area (Å²) in [7, 11) is 1.59. The molecule has 8 nitrogen and oxygen atoms in total. The third-order valence-corrected chi connectivity index (χ3v) is 4.75. The van der Waals surface area contributed by atoms with Crippen LogP contribution in [0.1, 0.15) is 12.5 Å². The fourth-order valence-electron chi connectivity index (χ4n) is 3.21. The van der Waals surface area contributed by atoms with E-state index >= 15 is 0 Å². The van der Waals surface area contributed by atoms with E-state index in [2.05, 4.69) is 25.5 Å². The van der Waals surface area contributed by atoms with E-state index < -0.39 is 17.7 Å². The maximum absolute atomic E-state index is 14.0. The molecule has 166 valence electrons. The fourth-order valence-corrected chi connectivity index (χ4v) is 3.21. The van der Waals surface area contributed by atoms with Gasteiger partial charge in [-0.1, -0.05) is 0 Å². The van der Waals surface area contributed by atoms with Gasteiger partial charge in [-0.2, -0.15) is 15.1 Å². The van der Waals surface area contributed by atoms with E-state index in [4.69, 9.17) is 9.47 Å². The van der Waals surface area contributed by atoms with Crippen LogP contribution >= 0.6 is 0 Å². The topological polar surface area (TPSA) is 105 Å². The first-order chi connectivity index (χ1) is 15.4. The third-order valence-electron chi connectivity index (χ3n) is 4.75. The monoisotopic (exact) mass is 441 g/mol. The molecule has 0 fully saturated rings. The number of benzene rings is 2. The van der Waals surface area contributed by atoms with Crippen LogP contribution in [-0.4, -0.2) is 45.0 Å². The highest BCUT2D eigenvalue weighted by Crippen LogP contribution is 2.35. The lowest BCUT2D eigenvalue weighted by atomic mass is 10.0. The van der Waals surface area contributed by atoms with Crippen LogP contribution in [0.3, 0.4) is 0 Å². The van der Waals surface area contributed by atoms with Crippen LogP contribution in [0.5, 0.6) is 17.5 Å². The van der Waals surface area contributed by atoms with E-state index in [-0.39, 0.29) is 18.3 Å². The predicted molar refractivity (Wildman–Crippen MR) is 115 cm³/mol. The molecule has 4 rings (SSSR count). The van der Waals surface area contributed by atoms with Crippen molar-refractivity contribution in [3.63, 3.8) is 0 Å². The summed E-state index contributed by atoms with van der Waals surface area (Å²) in [4.78, 5) is 8.65. The van der Waals surface area contributed by atoms with Gasteiger partial charge in [0.15, 0.2) is 17.2 Å². The van der Waals surface area contributed by atoms with E-state index in [0.717, 1.165) is 23.3 Å². The number of rotatable bonds is 7. The number of ether oxygens (including phenoxy) is 2. The van der Waals surface area contributed by atoms with Gasteiger partial charge in [-0.3, -0.25) is 5.10 Å². The zero-order chi connectivity index (χ0) is 22.8. The fraction of sp³-hybridized carbons (Fsp3) is 0.227. The van der Waals surface area contributed by atoms with Gasteiger partial charge in [0, 0.05) is 18.2 Å². The number of aliphatic hydroxyl groups excluding tert-OH is 1. The van der Waals surface area contributed by atoms with Gasteiger partial charge in [0.05, 0.1) is 18.6 Å². The minimum absolute atomic E-state index is 0.169. The van der Waals surface area contributed by atoms with E-state index in [1.807, 2.05) is 25.1 Å². The Hall–Kier alpha value is -3.79. The van der Waals surface area contributed by atoms with Crippen molar-refractivity contribution in [1.82, 2.24) is 20.2 Å². The first-order valence-corrected chi connectivity index (χ1v) is 9.81. The number of aromatic amines is 1. The third kappa shape index (κ3) is 4.30. The number of methoxy groups -OCH3 is 1. The molecule has 4 aromatic rings. The maximum Gasteiger partial charge on any atom is 0.326 e. The summed E-state index contributed by atoms with van der Waals surface area (Å²) in [6.45, 7) is 3.75. The van der Waals surface area contributed by atoms with Gasteiger partial charge in [0.2, 0.25) is 0 Å². The number of H-pyrrole nitrogens is 1. The summed E-state index contributed by atoms with van der Waals surface area (Å²) in [6, 6.07) is 8.35. The number of fused-ring (bicyclic) bond motifs is 1. The molecule has 0 spiro atoms. The Morgan fingerprint density at radius 2 is 1.97 bits per heavy atom. The van der Waals surface area contributed by atoms with Crippen LogP contribution in [0.15, 0.2) is 36.4 Å². The van der Waals surface area contributed by atoms with Crippen molar-refractivity contribution < 1.29 is 23.4 Å². The van der Waals surface area contributed by atoms with E-state index in [1.165, 1.54) is 0 Å². The Morgan fingerprint density at radius 3 is 2.66 bits per heavy atom. The number of nitrogens with one attached hydrogen (secondary N) is 2. The van der Waals surface area contributed by atoms with Gasteiger partial charge in [0.1, 0.15) is 23.1 Å². The average molecular weight is 441 g/mol. The smallest absolute Gasteiger partial charge is 0.326 e. The Kier molecular flexibility index (Phi) is 5.87. The van der Waals surface area contributed by atoms with Gasteiger partial charge in [-0.15, -0.1) is 0 Å². The summed E-state index contributed by atoms with van der Waals surface area (Å²) in [5, 5.41) is 20.6. The quantitative estimate of drug-likeness (QED) is 0.395. The zero-order valence-corrected chi connectivity index (χ0v) is 17.6. The molecule has 2 aromatic carbocycles. The Labute approximate surface area is 182 Å². The highest BCUT2D eigenvalue weighted by molar-refractivity contribution is 5.99. The molecule has 1 atom stereocenters. The van der Waals surface area contributed by atoms with Crippen molar-refractivity contribution in [2.45, 2.75) is 20.0 Å². The number of hydrogen-bond donors (Lipinski definition) is 3. The molecule has 2 heterocycles. The second-order valence-electron chi connectivity index (χ2n) is 7.24. The van der Waals surface area contributed by atoms with Crippen molar-refractivity contribution in [2.24, 2.45) is 0 Å². The molecule has 0 unspecified atom stereocenters. The number of anilines is 1. The number of halogens is 2. The molecule has 0 aliphatic carbocycles. The van der Waals surface area contributed by atoms with Crippen LogP contribution in [0, 0.1) is 18.6 Å². The summed E-state index contributed by atoms with van der Waals surface area (Å²) in [6.07, 6.45) is -0.656. The molecule has 3 N–H and O–H groups in total. The second-order valence-corrected chi connectivity index (χ2v) is 7.24. The number of hydrogen-bond acceptors (Lipinski definition) is 7. The molecular formula is C22H21F2N5O3. The first kappa shape index (κ1) is 21.4. The standard InChI is InChI=1S/C22H21F2N5O3/c1-11-8-14(31-3)5-6-15(11)19-18-20(25-10-12(2)30)26-22(27-21(18)29-28-19)32-17-7-4-13(23)9-16(17)24/h4-9,12,30H,10H2,1-3H3,(H2,25,26,27,28,29)/t12-/m0/s1. The summed E-state index contributed by atoms with van der Waals surface area (Å²) >= 11 is 0. The Bertz CT molecular complexity index is 1280. The zero-order valence-electron chi connectivity index (χ0n) is 17.6. The number of aryl methyl sites for hydroxylation is 1. The Balaban J connectivity index is 1.81. The highest BCUT2D eigenvalue weighted by atomic mass is 19.1. The molecule has 0 aliphatic rings. The molecule has 0 bridgehead atoms. The van der Waals surface area contributed by atoms with Crippen LogP contribution in [-0.2, 0) is 0 Å². The van der Waals surface area contributed by atoms with Gasteiger partial charge in [-0.05, 0) is 49.7 Å². The lowest BCUT2D eigenvalue weighted by molar-refractivity contribution is 0.208. The van der Waals surface area contributed by atoms with Crippen LogP contribution < -0.4 is 14.8 Å². The molecule has 0 aliphatic heterocycles. The Morgan fingerprint density at radius 1 is 1.16 bits per heavy atom. The van der Waals surface area contributed by atoms with Crippen LogP contribution in [0.25, 0.3) is 22.3 Å². The van der Waals surface area contributed by atoms with E-state index in [0.29, 0.717) is 34.4 Å². The minimum atomic E-state index is -0.883. The van der Waals surface area contributed by atoms with E-state index in [9.17, 15) is 13.9 Å². The molecule has 0 saturated heterocycles. The normalized spacial score (nSPS) is 12.1. The van der Waals surface area contributed by atoms with Crippen molar-refractivity contribution in [3.05, 3.63) is 53.6 Å². The van der Waals surface area contributed by atoms with Crippen molar-refractivity contribution >= 4 is 16.9 Å². The highest BCUT2D eigenvalue weighted by Gasteiger charge is 2.20. The summed E-state index contributed by atoms with van der Waals surface area (Å²) < 4.78 is 38.0. The molecule has 10 heteroatoms. The second kappa shape index (κ2) is 8.75. The average Bonchev–Trinajstić information content (AvgIpc) is 3.17. The lowest BCUT2D eigenvalue weighted by Crippen LogP contribution is -2.16. The molecule has 0 radical (unpaired) electrons. The van der Waals surface area contributed by atoms with Gasteiger partial charge >= 0.3 is 6.01 Å². The van der Waals surface area contributed by atoms with Crippen LogP contribution in [0.4, 0.5) is 14.6 Å². The molecule has 2 aromatic heterocycles. The number of aromatic nitrogens is 4. The first-order valence-electron chi connectivity index (χ1n) is 9.81. The maximum atomic E-state index is 14.0. The largest absolute Gasteiger partial charge is 0.497 e. The van der Waals surface area contributed by atoms with E-state index in [1.54, 1.807) is 14.0 Å². The molecule has 0 saturated carbocycles. The summed E-state index contributed by atoms with van der Waals surface area (Å²) in [5.41, 5.74) is 2.69. The van der Waals surface area contributed by atoms with Crippen LogP contribution in [0.2, 0.25) is 0 Å². The summed E-state index contributed by atoms with van der Waals surface area (Å²) in [5.74, 6) is -0.776. The number of nitrogens with zero attached hydrogens (tertiary/aromatic N) is 3. The van der Waals surface area contributed by atoms with Gasteiger partial charge < -0.3 is 19.9 Å². The SMILES string of the molecule is COc1ccc(-c2n[nH]c3nc(Oc4ccc(F)cc4F)nc(NC[C@H](C)O)c23)c(C)c1. The van der Waals surface area contributed by atoms with Crippen molar-refractivity contribution in [2.75, 3.05) is 19.0 Å². The van der Waals surface area contributed by atoms with Gasteiger partial charge in [-0.25, -0.2) is 8.78 Å². The number of aliphatic hydroxyl groups is 1. The molecule has 0 amide bonds.